The van der Waals surface area contributed by atoms with Crippen LogP contribution >= 0.6 is 0 Å². The molecule has 0 saturated carbocycles. The summed E-state index contributed by atoms with van der Waals surface area (Å²) in [7, 11) is 0. The number of rotatable bonds is 4. The van der Waals surface area contributed by atoms with E-state index in [0.29, 0.717) is 31.0 Å². The van der Waals surface area contributed by atoms with E-state index < -0.39 is 0 Å². The number of aromatic nitrogens is 1. The summed E-state index contributed by atoms with van der Waals surface area (Å²) in [6.07, 6.45) is 0.465. The fourth-order valence-corrected chi connectivity index (χ4v) is 2.85. The first-order valence-electron chi connectivity index (χ1n) is 8.13. The minimum Gasteiger partial charge on any atom is -0.449 e. The van der Waals surface area contributed by atoms with E-state index in [2.05, 4.69) is 9.88 Å². The standard InChI is InChI=1S/C17H23N3O3/c1-3-13(21)11-19-6-8-20(9-7-19)17(22)16-10-14-15(23-16)5-4-12(2)18-14/h4-5,10,13,21H,3,6-9,11H2,1-2H3. The van der Waals surface area contributed by atoms with Gasteiger partial charge in [0.15, 0.2) is 11.3 Å². The predicted octanol–water partition coefficient (Wildman–Crippen LogP) is 1.66. The van der Waals surface area contributed by atoms with E-state index in [1.165, 1.54) is 0 Å². The van der Waals surface area contributed by atoms with Gasteiger partial charge in [-0.3, -0.25) is 9.69 Å². The Morgan fingerprint density at radius 3 is 2.78 bits per heavy atom. The molecule has 1 unspecified atom stereocenters. The minimum atomic E-state index is -0.290. The molecule has 2 aromatic heterocycles. The van der Waals surface area contributed by atoms with Crippen LogP contribution in [0.3, 0.4) is 0 Å². The Kier molecular flexibility index (Phi) is 4.63. The summed E-state index contributed by atoms with van der Waals surface area (Å²) in [5, 5.41) is 9.72. The molecular formula is C17H23N3O3. The predicted molar refractivity (Wildman–Crippen MR) is 87.4 cm³/mol. The largest absolute Gasteiger partial charge is 0.449 e. The van der Waals surface area contributed by atoms with Gasteiger partial charge in [-0.1, -0.05) is 6.92 Å². The molecule has 1 N–H and O–H groups in total. The molecule has 3 heterocycles. The topological polar surface area (TPSA) is 69.8 Å². The van der Waals surface area contributed by atoms with Gasteiger partial charge in [-0.05, 0) is 25.5 Å². The number of hydrogen-bond donors (Lipinski definition) is 1. The van der Waals surface area contributed by atoms with Crippen LogP contribution in [0.25, 0.3) is 11.1 Å². The fourth-order valence-electron chi connectivity index (χ4n) is 2.85. The third-order valence-corrected chi connectivity index (χ3v) is 4.32. The molecule has 0 spiro atoms. The normalized spacial score (nSPS) is 17.6. The van der Waals surface area contributed by atoms with Crippen molar-refractivity contribution in [2.24, 2.45) is 0 Å². The highest BCUT2D eigenvalue weighted by molar-refractivity contribution is 5.95. The number of β-amino-alcohol motifs (C(OH)–C–C–N with tert-alkyl or cyclic N) is 1. The molecule has 0 radical (unpaired) electrons. The van der Waals surface area contributed by atoms with Crippen LogP contribution in [-0.2, 0) is 0 Å². The molecule has 1 aliphatic heterocycles. The average Bonchev–Trinajstić information content (AvgIpc) is 2.97. The van der Waals surface area contributed by atoms with Gasteiger partial charge in [-0.2, -0.15) is 0 Å². The first-order chi connectivity index (χ1) is 11.1. The molecule has 0 aromatic carbocycles. The van der Waals surface area contributed by atoms with Crippen molar-refractivity contribution in [2.45, 2.75) is 26.4 Å². The average molecular weight is 317 g/mol. The highest BCUT2D eigenvalue weighted by atomic mass is 16.3. The first kappa shape index (κ1) is 16.0. The van der Waals surface area contributed by atoms with E-state index >= 15 is 0 Å². The summed E-state index contributed by atoms with van der Waals surface area (Å²) in [6.45, 7) is 7.42. The summed E-state index contributed by atoms with van der Waals surface area (Å²) in [5.41, 5.74) is 2.27. The third-order valence-electron chi connectivity index (χ3n) is 4.32. The zero-order valence-electron chi connectivity index (χ0n) is 13.7. The second-order valence-corrected chi connectivity index (χ2v) is 6.10. The van der Waals surface area contributed by atoms with Crippen molar-refractivity contribution >= 4 is 17.0 Å². The molecule has 6 heteroatoms. The number of hydrogen-bond acceptors (Lipinski definition) is 5. The molecule has 2 aromatic rings. The maximum Gasteiger partial charge on any atom is 0.289 e. The molecule has 1 fully saturated rings. The molecule has 23 heavy (non-hydrogen) atoms. The van der Waals surface area contributed by atoms with E-state index in [-0.39, 0.29) is 12.0 Å². The second kappa shape index (κ2) is 6.68. The van der Waals surface area contributed by atoms with Crippen molar-refractivity contribution in [1.82, 2.24) is 14.8 Å². The van der Waals surface area contributed by atoms with Crippen LogP contribution < -0.4 is 0 Å². The Morgan fingerprint density at radius 1 is 1.35 bits per heavy atom. The van der Waals surface area contributed by atoms with E-state index in [9.17, 15) is 9.90 Å². The zero-order valence-corrected chi connectivity index (χ0v) is 13.7. The smallest absolute Gasteiger partial charge is 0.289 e. The Balaban J connectivity index is 1.64. The number of aliphatic hydroxyl groups is 1. The van der Waals surface area contributed by atoms with Crippen molar-refractivity contribution in [3.8, 4) is 0 Å². The number of piperazine rings is 1. The number of nitrogens with zero attached hydrogens (tertiary/aromatic N) is 3. The Labute approximate surface area is 135 Å². The van der Waals surface area contributed by atoms with Gasteiger partial charge in [0.25, 0.3) is 5.91 Å². The molecule has 1 aliphatic rings. The summed E-state index contributed by atoms with van der Waals surface area (Å²) >= 11 is 0. The molecule has 1 saturated heterocycles. The minimum absolute atomic E-state index is 0.0867. The van der Waals surface area contributed by atoms with Gasteiger partial charge in [-0.25, -0.2) is 4.98 Å². The third kappa shape index (κ3) is 3.54. The van der Waals surface area contributed by atoms with Crippen LogP contribution in [0.2, 0.25) is 0 Å². The van der Waals surface area contributed by atoms with Crippen LogP contribution in [0.4, 0.5) is 0 Å². The van der Waals surface area contributed by atoms with Gasteiger partial charge >= 0.3 is 0 Å². The maximum absolute atomic E-state index is 12.6. The zero-order chi connectivity index (χ0) is 16.4. The van der Waals surface area contributed by atoms with Crippen LogP contribution in [0.5, 0.6) is 0 Å². The van der Waals surface area contributed by atoms with Gasteiger partial charge in [0.05, 0.1) is 6.10 Å². The summed E-state index contributed by atoms with van der Waals surface area (Å²) in [6, 6.07) is 5.44. The van der Waals surface area contributed by atoms with Crippen molar-refractivity contribution in [1.29, 1.82) is 0 Å². The number of amides is 1. The molecule has 0 aliphatic carbocycles. The molecule has 1 amide bonds. The van der Waals surface area contributed by atoms with Gasteiger partial charge in [0.1, 0.15) is 5.52 Å². The first-order valence-corrected chi connectivity index (χ1v) is 8.13. The lowest BCUT2D eigenvalue weighted by atomic mass is 10.2. The van der Waals surface area contributed by atoms with E-state index in [1.807, 2.05) is 26.0 Å². The van der Waals surface area contributed by atoms with Crippen molar-refractivity contribution in [2.75, 3.05) is 32.7 Å². The van der Waals surface area contributed by atoms with Crippen molar-refractivity contribution in [3.05, 3.63) is 29.7 Å². The van der Waals surface area contributed by atoms with Crippen LogP contribution in [0.1, 0.15) is 29.6 Å². The molecule has 124 valence electrons. The van der Waals surface area contributed by atoms with Crippen molar-refractivity contribution in [3.63, 3.8) is 0 Å². The highest BCUT2D eigenvalue weighted by Crippen LogP contribution is 2.20. The molecule has 1 atom stereocenters. The molecule has 0 bridgehead atoms. The van der Waals surface area contributed by atoms with Gasteiger partial charge in [0, 0.05) is 44.5 Å². The Morgan fingerprint density at radius 2 is 2.09 bits per heavy atom. The van der Waals surface area contributed by atoms with E-state index in [4.69, 9.17) is 4.42 Å². The van der Waals surface area contributed by atoms with Crippen LogP contribution in [0, 0.1) is 6.92 Å². The summed E-state index contributed by atoms with van der Waals surface area (Å²) < 4.78 is 5.64. The van der Waals surface area contributed by atoms with E-state index in [0.717, 1.165) is 30.7 Å². The summed E-state index contributed by atoms with van der Waals surface area (Å²) in [5.74, 6) is 0.261. The Bertz CT molecular complexity index is 689. The summed E-state index contributed by atoms with van der Waals surface area (Å²) in [4.78, 5) is 21.0. The van der Waals surface area contributed by atoms with E-state index in [1.54, 1.807) is 11.0 Å². The number of aliphatic hydroxyl groups excluding tert-OH is 1. The van der Waals surface area contributed by atoms with Crippen LogP contribution in [0.15, 0.2) is 22.6 Å². The van der Waals surface area contributed by atoms with Gasteiger partial charge < -0.3 is 14.4 Å². The van der Waals surface area contributed by atoms with Crippen LogP contribution in [-0.4, -0.2) is 64.6 Å². The van der Waals surface area contributed by atoms with Gasteiger partial charge in [0.2, 0.25) is 0 Å². The van der Waals surface area contributed by atoms with Crippen molar-refractivity contribution < 1.29 is 14.3 Å². The Hall–Kier alpha value is -1.92. The lowest BCUT2D eigenvalue weighted by Gasteiger charge is -2.35. The SMILES string of the molecule is CCC(O)CN1CCN(C(=O)c2cc3nc(C)ccc3o2)CC1. The molecular weight excluding hydrogens is 294 g/mol. The van der Waals surface area contributed by atoms with Gasteiger partial charge in [-0.15, -0.1) is 0 Å². The number of furan rings is 1. The lowest BCUT2D eigenvalue weighted by molar-refractivity contribution is 0.0502. The number of carbonyl (C=O) groups is 1. The lowest BCUT2D eigenvalue weighted by Crippen LogP contribution is -2.50. The fraction of sp³-hybridized carbons (Fsp3) is 0.529. The quantitative estimate of drug-likeness (QED) is 0.929. The second-order valence-electron chi connectivity index (χ2n) is 6.10. The number of carbonyl (C=O) groups excluding carboxylic acids is 1. The maximum atomic E-state index is 12.6. The number of fused-ring (bicyclic) bond motifs is 1. The number of pyridine rings is 1. The highest BCUT2D eigenvalue weighted by Gasteiger charge is 2.25. The molecule has 6 nitrogen and oxygen atoms in total. The molecule has 3 rings (SSSR count). The monoisotopic (exact) mass is 317 g/mol. The number of aryl methyl sites for hydroxylation is 1.